The van der Waals surface area contributed by atoms with E-state index in [1.807, 2.05) is 54.6 Å². The van der Waals surface area contributed by atoms with Gasteiger partial charge in [0.15, 0.2) is 0 Å². The molecule has 1 heterocycles. The van der Waals surface area contributed by atoms with Crippen LogP contribution >= 0.6 is 0 Å². The fraction of sp³-hybridized carbons (Fsp3) is 0.0741. The number of para-hydroxylation sites is 1. The van der Waals surface area contributed by atoms with Crippen molar-refractivity contribution in [1.29, 1.82) is 5.41 Å². The molecule has 1 aromatic heterocycles. The van der Waals surface area contributed by atoms with Crippen LogP contribution < -0.4 is 10.6 Å². The maximum absolute atomic E-state index is 12.8. The number of urea groups is 1. The van der Waals surface area contributed by atoms with E-state index in [9.17, 15) is 9.90 Å². The Morgan fingerprint density at radius 1 is 0.879 bits per heavy atom. The summed E-state index contributed by atoms with van der Waals surface area (Å²) in [4.78, 5) is 16.9. The van der Waals surface area contributed by atoms with Gasteiger partial charge >= 0.3 is 6.03 Å². The Morgan fingerprint density at radius 2 is 1.58 bits per heavy atom. The molecule has 0 aliphatic heterocycles. The van der Waals surface area contributed by atoms with E-state index in [1.54, 1.807) is 48.8 Å². The lowest BCUT2D eigenvalue weighted by Crippen LogP contribution is -2.34. The first-order valence-corrected chi connectivity index (χ1v) is 10.6. The maximum Gasteiger partial charge on any atom is 0.319 e. The predicted octanol–water partition coefficient (Wildman–Crippen LogP) is 5.78. The van der Waals surface area contributed by atoms with Gasteiger partial charge in [0.1, 0.15) is 5.75 Å². The molecule has 0 saturated carbocycles. The van der Waals surface area contributed by atoms with Gasteiger partial charge in [-0.15, -0.1) is 0 Å². The molecule has 3 aromatic carbocycles. The van der Waals surface area contributed by atoms with Crippen LogP contribution in [0.15, 0.2) is 103 Å². The summed E-state index contributed by atoms with van der Waals surface area (Å²) in [6.07, 6.45) is 3.45. The van der Waals surface area contributed by atoms with Crippen molar-refractivity contribution in [3.05, 3.63) is 115 Å². The summed E-state index contributed by atoms with van der Waals surface area (Å²) in [6, 6.07) is 26.9. The Kier molecular flexibility index (Phi) is 6.75. The molecule has 6 heteroatoms. The van der Waals surface area contributed by atoms with Gasteiger partial charge in [-0.05, 0) is 35.4 Å². The number of hydrogen-bond donors (Lipinski definition) is 4. The number of nitrogens with zero attached hydrogens (tertiary/aromatic N) is 1. The molecule has 0 spiro atoms. The van der Waals surface area contributed by atoms with Crippen LogP contribution in [0.1, 0.15) is 23.6 Å². The molecule has 6 nitrogen and oxygen atoms in total. The average Bonchev–Trinajstić information content (AvgIpc) is 2.85. The minimum absolute atomic E-state index is 0.0639. The molecule has 0 fully saturated rings. The van der Waals surface area contributed by atoms with Gasteiger partial charge in [0.25, 0.3) is 0 Å². The van der Waals surface area contributed by atoms with Gasteiger partial charge < -0.3 is 21.1 Å². The Balaban J connectivity index is 1.48. The first-order valence-electron chi connectivity index (χ1n) is 10.6. The molecule has 4 rings (SSSR count). The number of carbonyl (C=O) groups excluding carboxylic acids is 1. The van der Waals surface area contributed by atoms with Gasteiger partial charge in [0.2, 0.25) is 0 Å². The van der Waals surface area contributed by atoms with E-state index in [2.05, 4.69) is 15.6 Å². The molecule has 0 aliphatic rings. The fourth-order valence-electron chi connectivity index (χ4n) is 3.59. The van der Waals surface area contributed by atoms with E-state index in [4.69, 9.17) is 5.41 Å². The van der Waals surface area contributed by atoms with Crippen LogP contribution in [0.4, 0.5) is 10.5 Å². The zero-order valence-corrected chi connectivity index (χ0v) is 17.9. The molecular weight excluding hydrogens is 412 g/mol. The van der Waals surface area contributed by atoms with Crippen LogP contribution in [0.5, 0.6) is 5.75 Å². The first kappa shape index (κ1) is 21.8. The highest BCUT2D eigenvalue weighted by Crippen LogP contribution is 2.27. The van der Waals surface area contributed by atoms with Crippen molar-refractivity contribution in [1.82, 2.24) is 10.3 Å². The molecule has 164 valence electrons. The highest BCUT2D eigenvalue weighted by atomic mass is 16.3. The number of anilines is 1. The molecule has 33 heavy (non-hydrogen) atoms. The summed E-state index contributed by atoms with van der Waals surface area (Å²) < 4.78 is 0. The number of pyridine rings is 1. The number of benzene rings is 3. The molecule has 1 unspecified atom stereocenters. The van der Waals surface area contributed by atoms with Crippen molar-refractivity contribution >= 4 is 17.4 Å². The average molecular weight is 437 g/mol. The molecule has 0 bridgehead atoms. The maximum atomic E-state index is 12.8. The summed E-state index contributed by atoms with van der Waals surface area (Å²) in [5, 5.41) is 24.5. The number of phenolic OH excluding ortho intramolecular Hbond substituents is 1. The van der Waals surface area contributed by atoms with Gasteiger partial charge in [0, 0.05) is 41.3 Å². The van der Waals surface area contributed by atoms with Crippen molar-refractivity contribution < 1.29 is 9.90 Å². The van der Waals surface area contributed by atoms with E-state index < -0.39 is 12.1 Å². The number of carbonyl (C=O) groups is 1. The highest BCUT2D eigenvalue weighted by Gasteiger charge is 2.20. The van der Waals surface area contributed by atoms with Crippen LogP contribution in [-0.4, -0.2) is 21.8 Å². The number of nitrogens with one attached hydrogen (secondary N) is 3. The molecule has 4 aromatic rings. The molecular formula is C27H24N4O2. The molecule has 2 amide bonds. The van der Waals surface area contributed by atoms with Crippen LogP contribution in [-0.2, 0) is 0 Å². The third-order valence-electron chi connectivity index (χ3n) is 5.29. The fourth-order valence-corrected chi connectivity index (χ4v) is 3.59. The summed E-state index contributed by atoms with van der Waals surface area (Å²) in [5.41, 5.74) is 4.31. The van der Waals surface area contributed by atoms with Crippen molar-refractivity contribution in [2.24, 2.45) is 0 Å². The molecule has 1 atom stereocenters. The van der Waals surface area contributed by atoms with Gasteiger partial charge in [-0.2, -0.15) is 0 Å². The van der Waals surface area contributed by atoms with Crippen molar-refractivity contribution in [2.75, 3.05) is 5.32 Å². The second-order valence-electron chi connectivity index (χ2n) is 7.58. The summed E-state index contributed by atoms with van der Waals surface area (Å²) in [6.45, 7) is 0. The lowest BCUT2D eigenvalue weighted by Gasteiger charge is -2.21. The van der Waals surface area contributed by atoms with Crippen LogP contribution in [0.3, 0.4) is 0 Å². The number of aromatic hydroxyl groups is 1. The lowest BCUT2D eigenvalue weighted by atomic mass is 9.97. The normalized spacial score (nSPS) is 11.4. The van der Waals surface area contributed by atoms with Crippen molar-refractivity contribution in [2.45, 2.75) is 12.5 Å². The van der Waals surface area contributed by atoms with Crippen LogP contribution in [0.25, 0.3) is 11.1 Å². The summed E-state index contributed by atoms with van der Waals surface area (Å²) in [5.74, 6) is 0.0639. The second-order valence-corrected chi connectivity index (χ2v) is 7.58. The largest absolute Gasteiger partial charge is 0.508 e. The zero-order chi connectivity index (χ0) is 23.0. The smallest absolute Gasteiger partial charge is 0.319 e. The van der Waals surface area contributed by atoms with Gasteiger partial charge in [0.05, 0.1) is 6.04 Å². The molecule has 4 N–H and O–H groups in total. The molecule has 0 saturated heterocycles. The van der Waals surface area contributed by atoms with Crippen LogP contribution in [0.2, 0.25) is 0 Å². The Hall–Kier alpha value is -4.45. The highest BCUT2D eigenvalue weighted by molar-refractivity contribution is 5.99. The van der Waals surface area contributed by atoms with Crippen molar-refractivity contribution in [3.8, 4) is 16.9 Å². The number of hydrogen-bond acceptors (Lipinski definition) is 4. The summed E-state index contributed by atoms with van der Waals surface area (Å²) >= 11 is 0. The SMILES string of the molecule is N=C(CC(NC(=O)Nc1ccc(-c2ccccc2)cc1)c1ccccc1O)c1cccnc1. The zero-order valence-electron chi connectivity index (χ0n) is 17.9. The second kappa shape index (κ2) is 10.2. The topological polar surface area (TPSA) is 98.1 Å². The quantitative estimate of drug-likeness (QED) is 0.277. The van der Waals surface area contributed by atoms with Gasteiger partial charge in [-0.3, -0.25) is 4.98 Å². The van der Waals surface area contributed by atoms with Crippen LogP contribution in [0, 0.1) is 5.41 Å². The lowest BCUT2D eigenvalue weighted by molar-refractivity contribution is 0.248. The monoisotopic (exact) mass is 436 g/mol. The van der Waals surface area contributed by atoms with E-state index in [0.717, 1.165) is 11.1 Å². The predicted molar refractivity (Wildman–Crippen MR) is 131 cm³/mol. The Labute approximate surface area is 192 Å². The van der Waals surface area contributed by atoms with Gasteiger partial charge in [-0.1, -0.05) is 66.7 Å². The third-order valence-corrected chi connectivity index (χ3v) is 5.29. The summed E-state index contributed by atoms with van der Waals surface area (Å²) in [7, 11) is 0. The van der Waals surface area contributed by atoms with Gasteiger partial charge in [-0.25, -0.2) is 4.79 Å². The minimum Gasteiger partial charge on any atom is -0.508 e. The number of phenols is 1. The van der Waals surface area contributed by atoms with E-state index in [1.165, 1.54) is 0 Å². The number of aromatic nitrogens is 1. The Morgan fingerprint density at radius 3 is 2.27 bits per heavy atom. The third kappa shape index (κ3) is 5.62. The molecule has 0 aliphatic carbocycles. The molecule has 0 radical (unpaired) electrons. The minimum atomic E-state index is -0.595. The first-order chi connectivity index (χ1) is 16.1. The van der Waals surface area contributed by atoms with E-state index in [-0.39, 0.29) is 12.2 Å². The number of amides is 2. The standard InChI is InChI=1S/C27H24N4O2/c28-24(21-9-6-16-29-18-21)17-25(23-10-4-5-11-26(23)32)31-27(33)30-22-14-12-20(13-15-22)19-7-2-1-3-8-19/h1-16,18,25,28,32H,17H2,(H2,30,31,33). The van der Waals surface area contributed by atoms with Crippen molar-refractivity contribution in [3.63, 3.8) is 0 Å². The number of rotatable bonds is 7. The van der Waals surface area contributed by atoms with E-state index in [0.29, 0.717) is 22.5 Å². The van der Waals surface area contributed by atoms with E-state index >= 15 is 0 Å². The Bertz CT molecular complexity index is 1230.